The topological polar surface area (TPSA) is 90.1 Å². The number of pyridine rings is 1. The number of nitrogens with zero attached hydrogens (tertiary/aromatic N) is 2. The number of benzene rings is 1. The van der Waals surface area contributed by atoms with Gasteiger partial charge in [0.05, 0.1) is 6.04 Å². The average molecular weight is 436 g/mol. The van der Waals surface area contributed by atoms with Crippen LogP contribution in [0.5, 0.6) is 0 Å². The van der Waals surface area contributed by atoms with E-state index in [1.807, 2.05) is 82.2 Å². The van der Waals surface area contributed by atoms with Gasteiger partial charge in [0.2, 0.25) is 11.8 Å². The zero-order valence-corrected chi connectivity index (χ0v) is 19.5. The van der Waals surface area contributed by atoms with Crippen LogP contribution in [0.1, 0.15) is 37.5 Å². The van der Waals surface area contributed by atoms with Crippen molar-refractivity contribution < 1.29 is 9.59 Å². The molecule has 0 radical (unpaired) electrons. The molecule has 0 aliphatic carbocycles. The Morgan fingerprint density at radius 3 is 2.59 bits per heavy atom. The lowest BCUT2D eigenvalue weighted by Gasteiger charge is -2.29. The third-order valence-electron chi connectivity index (χ3n) is 5.88. The summed E-state index contributed by atoms with van der Waals surface area (Å²) in [5.41, 5.74) is 3.84. The standard InChI is InChI=1S/C25H33N5O2/c1-16(2)30(5)18(4)24(31)29-22(13-19-8-6-7-17(3)11-19)25(32)28-15-20-12-21-9-10-26-23(21)27-14-20/h6-12,14,16,18,22H,13,15H2,1-5H3,(H,26,27)(H,28,32)(H,29,31)/t18-,22-/m0/s1. The van der Waals surface area contributed by atoms with Crippen LogP contribution in [0.2, 0.25) is 0 Å². The van der Waals surface area contributed by atoms with Gasteiger partial charge >= 0.3 is 0 Å². The molecule has 3 N–H and O–H groups in total. The largest absolute Gasteiger partial charge is 0.350 e. The number of hydrogen-bond donors (Lipinski definition) is 3. The summed E-state index contributed by atoms with van der Waals surface area (Å²) in [6, 6.07) is 11.1. The third kappa shape index (κ3) is 5.95. The molecule has 0 spiro atoms. The number of H-pyrrole nitrogens is 1. The lowest BCUT2D eigenvalue weighted by atomic mass is 10.0. The Bertz CT molecular complexity index is 1070. The average Bonchev–Trinajstić information content (AvgIpc) is 3.23. The predicted molar refractivity (Wildman–Crippen MR) is 127 cm³/mol. The fourth-order valence-electron chi connectivity index (χ4n) is 3.60. The van der Waals surface area contributed by atoms with E-state index in [0.29, 0.717) is 13.0 Å². The SMILES string of the molecule is Cc1cccc(C[C@H](NC(=O)[C@H](C)N(C)C(C)C)C(=O)NCc2cnc3[nH]ccc3c2)c1. The Balaban J connectivity index is 1.72. The maximum Gasteiger partial charge on any atom is 0.243 e. The van der Waals surface area contributed by atoms with Gasteiger partial charge in [0.25, 0.3) is 0 Å². The molecule has 0 bridgehead atoms. The molecule has 170 valence electrons. The second-order valence-corrected chi connectivity index (χ2v) is 8.67. The van der Waals surface area contributed by atoms with E-state index in [9.17, 15) is 9.59 Å². The minimum atomic E-state index is -0.670. The molecule has 0 aliphatic rings. The number of aromatic nitrogens is 2. The summed E-state index contributed by atoms with van der Waals surface area (Å²) in [5.74, 6) is -0.377. The highest BCUT2D eigenvalue weighted by molar-refractivity contribution is 5.90. The minimum absolute atomic E-state index is 0.163. The highest BCUT2D eigenvalue weighted by atomic mass is 16.2. The minimum Gasteiger partial charge on any atom is -0.350 e. The van der Waals surface area contributed by atoms with E-state index in [1.54, 1.807) is 6.20 Å². The molecule has 0 aliphatic heterocycles. The molecule has 2 heterocycles. The fourth-order valence-corrected chi connectivity index (χ4v) is 3.60. The van der Waals surface area contributed by atoms with Crippen molar-refractivity contribution in [2.45, 2.75) is 58.8 Å². The summed E-state index contributed by atoms with van der Waals surface area (Å²) >= 11 is 0. The van der Waals surface area contributed by atoms with Crippen LogP contribution in [-0.4, -0.2) is 51.9 Å². The fraction of sp³-hybridized carbons (Fsp3) is 0.400. The van der Waals surface area contributed by atoms with E-state index >= 15 is 0 Å². The van der Waals surface area contributed by atoms with Crippen molar-refractivity contribution in [2.75, 3.05) is 7.05 Å². The first-order valence-electron chi connectivity index (χ1n) is 11.0. The molecule has 2 aromatic heterocycles. The van der Waals surface area contributed by atoms with Gasteiger partial charge in [-0.15, -0.1) is 0 Å². The van der Waals surface area contributed by atoms with Crippen LogP contribution in [0.3, 0.4) is 0 Å². The van der Waals surface area contributed by atoms with E-state index in [2.05, 4.69) is 20.6 Å². The summed E-state index contributed by atoms with van der Waals surface area (Å²) < 4.78 is 0. The highest BCUT2D eigenvalue weighted by Crippen LogP contribution is 2.12. The van der Waals surface area contributed by atoms with Crippen LogP contribution in [0.4, 0.5) is 0 Å². The quantitative estimate of drug-likeness (QED) is 0.482. The van der Waals surface area contributed by atoms with Gasteiger partial charge in [-0.25, -0.2) is 4.98 Å². The predicted octanol–water partition coefficient (Wildman–Crippen LogP) is 2.94. The van der Waals surface area contributed by atoms with E-state index in [-0.39, 0.29) is 23.9 Å². The number of nitrogens with one attached hydrogen (secondary N) is 3. The van der Waals surface area contributed by atoms with Gasteiger partial charge < -0.3 is 15.6 Å². The summed E-state index contributed by atoms with van der Waals surface area (Å²) in [6.07, 6.45) is 4.00. The number of likely N-dealkylation sites (N-methyl/N-ethyl adjacent to an activating group) is 1. The maximum absolute atomic E-state index is 13.1. The van der Waals surface area contributed by atoms with E-state index < -0.39 is 6.04 Å². The van der Waals surface area contributed by atoms with Crippen LogP contribution < -0.4 is 10.6 Å². The molecule has 32 heavy (non-hydrogen) atoms. The van der Waals surface area contributed by atoms with Gasteiger partial charge in [-0.3, -0.25) is 14.5 Å². The number of carbonyl (C=O) groups is 2. The van der Waals surface area contributed by atoms with Crippen molar-refractivity contribution in [1.82, 2.24) is 25.5 Å². The summed E-state index contributed by atoms with van der Waals surface area (Å²) in [7, 11) is 1.91. The highest BCUT2D eigenvalue weighted by Gasteiger charge is 2.26. The van der Waals surface area contributed by atoms with Gasteiger partial charge in [-0.2, -0.15) is 0 Å². The summed E-state index contributed by atoms with van der Waals surface area (Å²) in [6.45, 7) is 8.29. The smallest absolute Gasteiger partial charge is 0.243 e. The van der Waals surface area contributed by atoms with E-state index in [1.165, 1.54) is 0 Å². The van der Waals surface area contributed by atoms with Crippen molar-refractivity contribution in [3.8, 4) is 0 Å². The molecule has 7 nitrogen and oxygen atoms in total. The number of hydrogen-bond acceptors (Lipinski definition) is 4. The monoisotopic (exact) mass is 435 g/mol. The number of rotatable bonds is 9. The Labute approximate surface area is 189 Å². The van der Waals surface area contributed by atoms with Crippen LogP contribution in [-0.2, 0) is 22.6 Å². The van der Waals surface area contributed by atoms with E-state index in [4.69, 9.17) is 0 Å². The molecular formula is C25H33N5O2. The van der Waals surface area contributed by atoms with E-state index in [0.717, 1.165) is 27.7 Å². The number of aromatic amines is 1. The second kappa shape index (κ2) is 10.4. The molecule has 0 fully saturated rings. The Morgan fingerprint density at radius 2 is 1.88 bits per heavy atom. The van der Waals surface area contributed by atoms with Crippen LogP contribution in [0.25, 0.3) is 11.0 Å². The molecular weight excluding hydrogens is 402 g/mol. The third-order valence-corrected chi connectivity index (χ3v) is 5.88. The zero-order valence-electron chi connectivity index (χ0n) is 19.5. The second-order valence-electron chi connectivity index (χ2n) is 8.67. The van der Waals surface area contributed by atoms with Gasteiger partial charge in [0.1, 0.15) is 11.7 Å². The van der Waals surface area contributed by atoms with Crippen molar-refractivity contribution >= 4 is 22.8 Å². The van der Waals surface area contributed by atoms with Gasteiger partial charge in [-0.05, 0) is 58.0 Å². The Kier molecular flexibility index (Phi) is 7.64. The van der Waals surface area contributed by atoms with Crippen molar-refractivity contribution in [3.05, 3.63) is 65.5 Å². The van der Waals surface area contributed by atoms with Crippen molar-refractivity contribution in [1.29, 1.82) is 0 Å². The van der Waals surface area contributed by atoms with Crippen molar-refractivity contribution in [2.24, 2.45) is 0 Å². The molecule has 2 amide bonds. The van der Waals surface area contributed by atoms with Gasteiger partial charge in [0.15, 0.2) is 0 Å². The molecule has 3 aromatic rings. The lowest BCUT2D eigenvalue weighted by Crippen LogP contribution is -2.53. The first-order chi connectivity index (χ1) is 15.2. The Morgan fingerprint density at radius 1 is 1.09 bits per heavy atom. The number of amides is 2. The van der Waals surface area contributed by atoms with Crippen LogP contribution in [0, 0.1) is 6.92 Å². The first kappa shape index (κ1) is 23.5. The van der Waals surface area contributed by atoms with Crippen molar-refractivity contribution in [3.63, 3.8) is 0 Å². The molecule has 1 aromatic carbocycles. The number of aryl methyl sites for hydroxylation is 1. The van der Waals surface area contributed by atoms with Gasteiger partial charge in [-0.1, -0.05) is 29.8 Å². The normalized spacial score (nSPS) is 13.3. The summed E-state index contributed by atoms with van der Waals surface area (Å²) in [5, 5.41) is 6.93. The Hall–Kier alpha value is -3.19. The number of fused-ring (bicyclic) bond motifs is 1. The zero-order chi connectivity index (χ0) is 23.3. The lowest BCUT2D eigenvalue weighted by molar-refractivity contribution is -0.131. The molecule has 3 rings (SSSR count). The molecule has 2 atom stereocenters. The number of carbonyl (C=O) groups excluding carboxylic acids is 2. The summed E-state index contributed by atoms with van der Waals surface area (Å²) in [4.78, 5) is 35.4. The van der Waals surface area contributed by atoms with Gasteiger partial charge in [0, 0.05) is 36.8 Å². The molecule has 0 unspecified atom stereocenters. The molecule has 7 heteroatoms. The first-order valence-corrected chi connectivity index (χ1v) is 11.0. The molecule has 0 saturated heterocycles. The van der Waals surface area contributed by atoms with Crippen LogP contribution >= 0.6 is 0 Å². The maximum atomic E-state index is 13.1. The van der Waals surface area contributed by atoms with Crippen LogP contribution in [0.15, 0.2) is 48.8 Å². The molecule has 0 saturated carbocycles.